The highest BCUT2D eigenvalue weighted by molar-refractivity contribution is 9.11. The molecule has 2 rings (SSSR count). The molecule has 1 aromatic heterocycles. The van der Waals surface area contributed by atoms with E-state index in [-0.39, 0.29) is 0 Å². The topological polar surface area (TPSA) is 64.9 Å². The number of benzene rings is 1. The van der Waals surface area contributed by atoms with Crippen molar-refractivity contribution in [1.29, 1.82) is 0 Å². The molecule has 0 atom stereocenters. The van der Waals surface area contributed by atoms with E-state index < -0.39 is 0 Å². The van der Waals surface area contributed by atoms with Crippen molar-refractivity contribution in [3.8, 4) is 5.75 Å². The molecule has 6 nitrogen and oxygen atoms in total. The standard InChI is InChI=1S/C15H21Br2N5OS/c1-3-6-23-14-12(16)8-11(9-13(14)17)10-18-5-4-7-24-15-19-20-21-22(15)2/h8-9,18H,3-7,10H2,1-2H3. The van der Waals surface area contributed by atoms with E-state index in [9.17, 15) is 0 Å². The summed E-state index contributed by atoms with van der Waals surface area (Å²) in [5, 5.41) is 15.7. The molecule has 2 aromatic rings. The monoisotopic (exact) mass is 477 g/mol. The first-order valence-electron chi connectivity index (χ1n) is 7.78. The maximum atomic E-state index is 5.74. The van der Waals surface area contributed by atoms with Gasteiger partial charge in [0.25, 0.3) is 0 Å². The summed E-state index contributed by atoms with van der Waals surface area (Å²) in [6.07, 6.45) is 2.04. The van der Waals surface area contributed by atoms with Gasteiger partial charge in [-0.1, -0.05) is 18.7 Å². The number of thioether (sulfide) groups is 1. The molecule has 1 N–H and O–H groups in total. The van der Waals surface area contributed by atoms with Gasteiger partial charge in [-0.25, -0.2) is 4.68 Å². The van der Waals surface area contributed by atoms with E-state index in [1.54, 1.807) is 16.4 Å². The Hall–Kier alpha value is -0.640. The van der Waals surface area contributed by atoms with Crippen LogP contribution < -0.4 is 10.1 Å². The Morgan fingerprint density at radius 3 is 2.67 bits per heavy atom. The molecule has 1 aromatic carbocycles. The van der Waals surface area contributed by atoms with Crippen LogP contribution in [0.2, 0.25) is 0 Å². The first-order valence-corrected chi connectivity index (χ1v) is 10.4. The van der Waals surface area contributed by atoms with Crippen molar-refractivity contribution in [1.82, 2.24) is 25.5 Å². The molecule has 0 aliphatic carbocycles. The van der Waals surface area contributed by atoms with Crippen LogP contribution in [0, 0.1) is 0 Å². The highest BCUT2D eigenvalue weighted by Gasteiger charge is 2.09. The van der Waals surface area contributed by atoms with Gasteiger partial charge in [0.05, 0.1) is 15.6 Å². The van der Waals surface area contributed by atoms with Crippen LogP contribution in [0.4, 0.5) is 0 Å². The van der Waals surface area contributed by atoms with Crippen LogP contribution in [0.1, 0.15) is 25.3 Å². The molecule has 0 aliphatic heterocycles. The SMILES string of the molecule is CCCOc1c(Br)cc(CNCCCSc2nnnn2C)cc1Br. The highest BCUT2D eigenvalue weighted by Crippen LogP contribution is 2.34. The van der Waals surface area contributed by atoms with Gasteiger partial charge in [-0.2, -0.15) is 0 Å². The minimum Gasteiger partial charge on any atom is -0.491 e. The van der Waals surface area contributed by atoms with Crippen molar-refractivity contribution in [3.05, 3.63) is 26.6 Å². The summed E-state index contributed by atoms with van der Waals surface area (Å²) in [7, 11) is 1.85. The zero-order chi connectivity index (χ0) is 17.4. The van der Waals surface area contributed by atoms with Crippen LogP contribution in [0.3, 0.4) is 0 Å². The molecule has 1 heterocycles. The first-order chi connectivity index (χ1) is 11.6. The maximum absolute atomic E-state index is 5.74. The fourth-order valence-corrected chi connectivity index (χ4v) is 4.29. The summed E-state index contributed by atoms with van der Waals surface area (Å²) in [5.74, 6) is 1.85. The summed E-state index contributed by atoms with van der Waals surface area (Å²) in [4.78, 5) is 0. The molecular weight excluding hydrogens is 458 g/mol. The summed E-state index contributed by atoms with van der Waals surface area (Å²) in [6, 6.07) is 4.20. The number of aromatic nitrogens is 4. The molecule has 0 aliphatic rings. The first kappa shape index (κ1) is 19.7. The highest BCUT2D eigenvalue weighted by atomic mass is 79.9. The molecule has 0 bridgehead atoms. The number of tetrazole rings is 1. The molecule has 0 unspecified atom stereocenters. The quantitative estimate of drug-likeness (QED) is 0.414. The third kappa shape index (κ3) is 6.02. The van der Waals surface area contributed by atoms with Crippen LogP contribution in [0.5, 0.6) is 5.75 Å². The van der Waals surface area contributed by atoms with Crippen molar-refractivity contribution in [2.24, 2.45) is 7.05 Å². The third-order valence-corrected chi connectivity index (χ3v) is 5.42. The van der Waals surface area contributed by atoms with Gasteiger partial charge in [0.2, 0.25) is 5.16 Å². The van der Waals surface area contributed by atoms with E-state index in [1.165, 1.54) is 5.56 Å². The van der Waals surface area contributed by atoms with Crippen molar-refractivity contribution < 1.29 is 4.74 Å². The van der Waals surface area contributed by atoms with E-state index >= 15 is 0 Å². The lowest BCUT2D eigenvalue weighted by Crippen LogP contribution is -2.15. The van der Waals surface area contributed by atoms with E-state index in [2.05, 4.69) is 71.8 Å². The largest absolute Gasteiger partial charge is 0.491 e. The van der Waals surface area contributed by atoms with Crippen LogP contribution >= 0.6 is 43.6 Å². The van der Waals surface area contributed by atoms with Gasteiger partial charge in [0.1, 0.15) is 5.75 Å². The molecular formula is C15H21Br2N5OS. The Morgan fingerprint density at radius 1 is 1.29 bits per heavy atom. The molecule has 0 fully saturated rings. The summed E-state index contributed by atoms with van der Waals surface area (Å²) in [6.45, 7) is 4.58. The predicted molar refractivity (Wildman–Crippen MR) is 103 cm³/mol. The number of aryl methyl sites for hydroxylation is 1. The minimum atomic E-state index is 0.716. The second kappa shape index (κ2) is 10.4. The molecule has 0 radical (unpaired) electrons. The predicted octanol–water partition coefficient (Wildman–Crippen LogP) is 3.80. The third-order valence-electron chi connectivity index (χ3n) is 3.15. The van der Waals surface area contributed by atoms with E-state index in [0.29, 0.717) is 6.61 Å². The Balaban J connectivity index is 1.71. The average Bonchev–Trinajstić information content (AvgIpc) is 2.95. The maximum Gasteiger partial charge on any atom is 0.209 e. The number of nitrogens with zero attached hydrogens (tertiary/aromatic N) is 4. The van der Waals surface area contributed by atoms with Crippen LogP contribution in [0.25, 0.3) is 0 Å². The number of ether oxygens (including phenoxy) is 1. The van der Waals surface area contributed by atoms with Crippen LogP contribution in [-0.2, 0) is 13.6 Å². The smallest absolute Gasteiger partial charge is 0.209 e. The fraction of sp³-hybridized carbons (Fsp3) is 0.533. The van der Waals surface area contributed by atoms with E-state index in [1.807, 2.05) is 7.05 Å². The van der Waals surface area contributed by atoms with Gasteiger partial charge in [0, 0.05) is 19.3 Å². The average molecular weight is 479 g/mol. The van der Waals surface area contributed by atoms with Crippen molar-refractivity contribution in [3.63, 3.8) is 0 Å². The lowest BCUT2D eigenvalue weighted by atomic mass is 10.2. The van der Waals surface area contributed by atoms with Crippen molar-refractivity contribution in [2.45, 2.75) is 31.5 Å². The number of halogens is 2. The van der Waals surface area contributed by atoms with E-state index in [0.717, 1.165) is 51.5 Å². The Morgan fingerprint density at radius 2 is 2.04 bits per heavy atom. The second-order valence-corrected chi connectivity index (χ2v) is 7.97. The zero-order valence-corrected chi connectivity index (χ0v) is 17.7. The summed E-state index contributed by atoms with van der Waals surface area (Å²) < 4.78 is 9.39. The summed E-state index contributed by atoms with van der Waals surface area (Å²) >= 11 is 8.84. The van der Waals surface area contributed by atoms with Gasteiger partial charge < -0.3 is 10.1 Å². The Bertz CT molecular complexity index is 630. The normalized spacial score (nSPS) is 11.0. The molecule has 0 saturated carbocycles. The number of hydrogen-bond donors (Lipinski definition) is 1. The molecule has 0 amide bonds. The zero-order valence-electron chi connectivity index (χ0n) is 13.8. The van der Waals surface area contributed by atoms with Crippen molar-refractivity contribution in [2.75, 3.05) is 18.9 Å². The van der Waals surface area contributed by atoms with Crippen LogP contribution in [0.15, 0.2) is 26.2 Å². The Labute approximate surface area is 163 Å². The Kier molecular flexibility index (Phi) is 8.51. The van der Waals surface area contributed by atoms with Gasteiger partial charge in [-0.05, 0) is 79.4 Å². The van der Waals surface area contributed by atoms with Gasteiger partial charge >= 0.3 is 0 Å². The molecule has 9 heteroatoms. The fourth-order valence-electron chi connectivity index (χ4n) is 1.99. The molecule has 0 spiro atoms. The van der Waals surface area contributed by atoms with E-state index in [4.69, 9.17) is 4.74 Å². The lowest BCUT2D eigenvalue weighted by Gasteiger charge is -2.12. The number of nitrogens with one attached hydrogen (secondary N) is 1. The van der Waals surface area contributed by atoms with Gasteiger partial charge in [-0.3, -0.25) is 0 Å². The van der Waals surface area contributed by atoms with Gasteiger partial charge in [-0.15, -0.1) is 5.10 Å². The summed E-state index contributed by atoms with van der Waals surface area (Å²) in [5.41, 5.74) is 1.21. The second-order valence-electron chi connectivity index (χ2n) is 5.20. The van der Waals surface area contributed by atoms with Crippen molar-refractivity contribution >= 4 is 43.6 Å². The molecule has 24 heavy (non-hydrogen) atoms. The lowest BCUT2D eigenvalue weighted by molar-refractivity contribution is 0.313. The van der Waals surface area contributed by atoms with Gasteiger partial charge in [0.15, 0.2) is 0 Å². The number of rotatable bonds is 10. The van der Waals surface area contributed by atoms with Crippen LogP contribution in [-0.4, -0.2) is 39.1 Å². The number of hydrogen-bond acceptors (Lipinski definition) is 6. The minimum absolute atomic E-state index is 0.716. The molecule has 132 valence electrons. The molecule has 0 saturated heterocycles.